The standard InChI is InChI=1S/C25H23N5O2S/c1-2-3-14-29-23(32)20-10-6-7-11-21(20)30-24(29)27-28-25(30)33-16-22(31)26-19-13-12-17-8-4-5-9-18(17)15-19/h4-13,15H,2-3,14,16H2,1H3,(H,26,31). The minimum absolute atomic E-state index is 0.0652. The smallest absolute Gasteiger partial charge is 0.262 e. The summed E-state index contributed by atoms with van der Waals surface area (Å²) in [4.78, 5) is 25.7. The summed E-state index contributed by atoms with van der Waals surface area (Å²) >= 11 is 1.30. The lowest BCUT2D eigenvalue weighted by atomic mass is 10.1. The van der Waals surface area contributed by atoms with Crippen LogP contribution in [0.4, 0.5) is 5.69 Å². The molecular formula is C25H23N5O2S. The van der Waals surface area contributed by atoms with Crippen LogP contribution in [0.2, 0.25) is 0 Å². The third kappa shape index (κ3) is 4.09. The van der Waals surface area contributed by atoms with Crippen LogP contribution in [0.3, 0.4) is 0 Å². The predicted octanol–water partition coefficient (Wildman–Crippen LogP) is 4.73. The summed E-state index contributed by atoms with van der Waals surface area (Å²) in [7, 11) is 0. The van der Waals surface area contributed by atoms with Gasteiger partial charge in [0.1, 0.15) is 0 Å². The molecule has 0 aliphatic carbocycles. The maximum absolute atomic E-state index is 13.0. The number of rotatable bonds is 7. The Kier molecular flexibility index (Phi) is 5.83. The quantitative estimate of drug-likeness (QED) is 0.358. The number of fused-ring (bicyclic) bond motifs is 4. The second-order valence-corrected chi connectivity index (χ2v) is 8.79. The molecule has 0 bridgehead atoms. The average Bonchev–Trinajstić information content (AvgIpc) is 3.27. The van der Waals surface area contributed by atoms with E-state index in [2.05, 4.69) is 22.4 Å². The van der Waals surface area contributed by atoms with Crippen molar-refractivity contribution >= 4 is 50.8 Å². The molecule has 7 nitrogen and oxygen atoms in total. The van der Waals surface area contributed by atoms with Gasteiger partial charge < -0.3 is 5.32 Å². The van der Waals surface area contributed by atoms with Crippen molar-refractivity contribution in [3.05, 3.63) is 77.1 Å². The van der Waals surface area contributed by atoms with Crippen molar-refractivity contribution < 1.29 is 4.79 Å². The number of amides is 1. The summed E-state index contributed by atoms with van der Waals surface area (Å²) in [6.45, 7) is 2.66. The fourth-order valence-electron chi connectivity index (χ4n) is 3.94. The number of carbonyl (C=O) groups excluding carboxylic acids is 1. The zero-order valence-electron chi connectivity index (χ0n) is 18.2. The Balaban J connectivity index is 1.42. The Morgan fingerprint density at radius 1 is 1.00 bits per heavy atom. The average molecular weight is 458 g/mol. The summed E-state index contributed by atoms with van der Waals surface area (Å²) in [5, 5.41) is 15.0. The van der Waals surface area contributed by atoms with Gasteiger partial charge in [0.25, 0.3) is 5.56 Å². The van der Waals surface area contributed by atoms with E-state index in [1.54, 1.807) is 4.57 Å². The lowest BCUT2D eigenvalue weighted by Crippen LogP contribution is -2.23. The van der Waals surface area contributed by atoms with Crippen LogP contribution < -0.4 is 10.9 Å². The van der Waals surface area contributed by atoms with E-state index in [4.69, 9.17) is 0 Å². The first-order valence-electron chi connectivity index (χ1n) is 10.9. The molecule has 0 radical (unpaired) electrons. The number of thioether (sulfide) groups is 1. The first-order chi connectivity index (χ1) is 16.2. The topological polar surface area (TPSA) is 81.3 Å². The van der Waals surface area contributed by atoms with Crippen LogP contribution in [0.1, 0.15) is 19.8 Å². The molecule has 0 aliphatic rings. The summed E-state index contributed by atoms with van der Waals surface area (Å²) in [6.07, 6.45) is 1.84. The second kappa shape index (κ2) is 9.07. The zero-order chi connectivity index (χ0) is 22.8. The molecule has 2 heterocycles. The van der Waals surface area contributed by atoms with Gasteiger partial charge in [0.15, 0.2) is 5.16 Å². The summed E-state index contributed by atoms with van der Waals surface area (Å²) < 4.78 is 3.55. The van der Waals surface area contributed by atoms with E-state index in [0.29, 0.717) is 22.9 Å². The van der Waals surface area contributed by atoms with Crippen LogP contribution in [0, 0.1) is 0 Å². The van der Waals surface area contributed by atoms with Gasteiger partial charge in [0.05, 0.1) is 16.7 Å². The number of benzene rings is 3. The molecule has 1 amide bonds. The number of nitrogens with one attached hydrogen (secondary N) is 1. The van der Waals surface area contributed by atoms with Crippen LogP contribution in [0.15, 0.2) is 76.7 Å². The Morgan fingerprint density at radius 2 is 1.79 bits per heavy atom. The number of unbranched alkanes of at least 4 members (excludes halogenated alkanes) is 1. The Morgan fingerprint density at radius 3 is 2.64 bits per heavy atom. The maximum atomic E-state index is 13.0. The van der Waals surface area contributed by atoms with Gasteiger partial charge >= 0.3 is 0 Å². The summed E-state index contributed by atoms with van der Waals surface area (Å²) in [6, 6.07) is 21.3. The van der Waals surface area contributed by atoms with Gasteiger partial charge in [0, 0.05) is 12.2 Å². The van der Waals surface area contributed by atoms with E-state index in [1.807, 2.05) is 71.1 Å². The molecule has 5 aromatic rings. The number of hydrogen-bond donors (Lipinski definition) is 1. The highest BCUT2D eigenvalue weighted by atomic mass is 32.2. The number of aromatic nitrogens is 4. The van der Waals surface area contributed by atoms with E-state index in [-0.39, 0.29) is 17.2 Å². The van der Waals surface area contributed by atoms with Crippen LogP contribution in [0.25, 0.3) is 27.5 Å². The Hall–Kier alpha value is -3.65. The molecular weight excluding hydrogens is 434 g/mol. The van der Waals surface area contributed by atoms with Gasteiger partial charge in [-0.1, -0.05) is 67.6 Å². The van der Waals surface area contributed by atoms with Crippen molar-refractivity contribution in [3.8, 4) is 0 Å². The lowest BCUT2D eigenvalue weighted by Gasteiger charge is -2.11. The molecule has 0 saturated heterocycles. The van der Waals surface area contributed by atoms with Gasteiger partial charge in [-0.2, -0.15) is 0 Å². The fourth-order valence-corrected chi connectivity index (χ4v) is 4.68. The van der Waals surface area contributed by atoms with Gasteiger partial charge in [0.2, 0.25) is 11.7 Å². The van der Waals surface area contributed by atoms with Crippen LogP contribution in [0.5, 0.6) is 0 Å². The van der Waals surface area contributed by atoms with E-state index in [0.717, 1.165) is 34.8 Å². The van der Waals surface area contributed by atoms with Gasteiger partial charge in [-0.25, -0.2) is 0 Å². The zero-order valence-corrected chi connectivity index (χ0v) is 19.0. The fraction of sp³-hybridized carbons (Fsp3) is 0.200. The maximum Gasteiger partial charge on any atom is 0.262 e. The van der Waals surface area contributed by atoms with Crippen LogP contribution in [-0.2, 0) is 11.3 Å². The van der Waals surface area contributed by atoms with Crippen LogP contribution >= 0.6 is 11.8 Å². The number of para-hydroxylation sites is 1. The van der Waals surface area contributed by atoms with Crippen molar-refractivity contribution in [1.82, 2.24) is 19.2 Å². The molecule has 1 N–H and O–H groups in total. The highest BCUT2D eigenvalue weighted by Gasteiger charge is 2.17. The minimum Gasteiger partial charge on any atom is -0.325 e. The molecule has 0 saturated carbocycles. The first-order valence-corrected chi connectivity index (χ1v) is 11.9. The molecule has 0 fully saturated rings. The Labute approximate surface area is 194 Å². The molecule has 0 atom stereocenters. The van der Waals surface area contributed by atoms with Gasteiger partial charge in [-0.3, -0.25) is 18.6 Å². The molecule has 8 heteroatoms. The number of hydrogen-bond acceptors (Lipinski definition) is 5. The Bertz CT molecular complexity index is 1540. The normalized spacial score (nSPS) is 11.4. The first kappa shape index (κ1) is 21.2. The SMILES string of the molecule is CCCCn1c(=O)c2ccccc2n2c(SCC(=O)Nc3ccc4ccccc4c3)nnc12. The highest BCUT2D eigenvalue weighted by Crippen LogP contribution is 2.23. The molecule has 2 aromatic heterocycles. The lowest BCUT2D eigenvalue weighted by molar-refractivity contribution is -0.113. The van der Waals surface area contributed by atoms with E-state index in [9.17, 15) is 9.59 Å². The van der Waals surface area contributed by atoms with E-state index < -0.39 is 0 Å². The molecule has 0 aliphatic heterocycles. The second-order valence-electron chi connectivity index (χ2n) is 7.84. The molecule has 5 rings (SSSR count). The third-order valence-electron chi connectivity index (χ3n) is 5.58. The minimum atomic E-state index is -0.129. The molecule has 0 spiro atoms. The highest BCUT2D eigenvalue weighted by molar-refractivity contribution is 7.99. The summed E-state index contributed by atoms with van der Waals surface area (Å²) in [5.74, 6) is 0.552. The molecule has 0 unspecified atom stereocenters. The third-order valence-corrected chi connectivity index (χ3v) is 6.51. The molecule has 33 heavy (non-hydrogen) atoms. The van der Waals surface area contributed by atoms with E-state index >= 15 is 0 Å². The largest absolute Gasteiger partial charge is 0.325 e. The number of nitrogens with zero attached hydrogens (tertiary/aromatic N) is 4. The van der Waals surface area contributed by atoms with Gasteiger partial charge in [-0.15, -0.1) is 10.2 Å². The monoisotopic (exact) mass is 457 g/mol. The van der Waals surface area contributed by atoms with Crippen LogP contribution in [-0.4, -0.2) is 30.8 Å². The number of carbonyl (C=O) groups is 1. The van der Waals surface area contributed by atoms with Crippen molar-refractivity contribution in [2.24, 2.45) is 0 Å². The van der Waals surface area contributed by atoms with Crippen molar-refractivity contribution in [2.45, 2.75) is 31.5 Å². The van der Waals surface area contributed by atoms with Crippen molar-refractivity contribution in [2.75, 3.05) is 11.1 Å². The van der Waals surface area contributed by atoms with Crippen molar-refractivity contribution in [3.63, 3.8) is 0 Å². The molecule has 166 valence electrons. The predicted molar refractivity (Wildman–Crippen MR) is 133 cm³/mol. The van der Waals surface area contributed by atoms with Gasteiger partial charge in [-0.05, 0) is 41.5 Å². The van der Waals surface area contributed by atoms with E-state index in [1.165, 1.54) is 11.8 Å². The molecule has 3 aromatic carbocycles. The summed E-state index contributed by atoms with van der Waals surface area (Å²) in [5.41, 5.74) is 1.43. The number of anilines is 1. The van der Waals surface area contributed by atoms with Crippen molar-refractivity contribution in [1.29, 1.82) is 0 Å². The number of aryl methyl sites for hydroxylation is 1.